The molecular formula is C75H145NO10. The van der Waals surface area contributed by atoms with Crippen LogP contribution in [0.15, 0.2) is 12.2 Å². The van der Waals surface area contributed by atoms with E-state index in [4.69, 9.17) is 14.2 Å². The highest BCUT2D eigenvalue weighted by Gasteiger charge is 2.44. The number of hydrogen-bond donors (Lipinski definition) is 6. The van der Waals surface area contributed by atoms with Crippen molar-refractivity contribution >= 4 is 11.9 Å². The number of unbranched alkanes of at least 4 members (excludes halogenated alkanes) is 54. The van der Waals surface area contributed by atoms with Crippen LogP contribution in [0.3, 0.4) is 0 Å². The van der Waals surface area contributed by atoms with Gasteiger partial charge in [-0.25, -0.2) is 0 Å². The van der Waals surface area contributed by atoms with Gasteiger partial charge in [-0.1, -0.05) is 360 Å². The normalized spacial score (nSPS) is 17.9. The lowest BCUT2D eigenvalue weighted by molar-refractivity contribution is -0.302. The van der Waals surface area contributed by atoms with E-state index in [9.17, 15) is 35.1 Å². The van der Waals surface area contributed by atoms with Crippen molar-refractivity contribution in [1.29, 1.82) is 0 Å². The Morgan fingerprint density at radius 3 is 1.08 bits per heavy atom. The van der Waals surface area contributed by atoms with E-state index in [1.54, 1.807) is 6.08 Å². The molecule has 11 nitrogen and oxygen atoms in total. The molecule has 510 valence electrons. The first-order valence-corrected chi connectivity index (χ1v) is 38.0. The number of carbonyl (C=O) groups is 2. The van der Waals surface area contributed by atoms with Crippen LogP contribution < -0.4 is 5.32 Å². The lowest BCUT2D eigenvalue weighted by atomic mass is 9.99. The number of aliphatic hydroxyl groups is 5. The summed E-state index contributed by atoms with van der Waals surface area (Å²) in [5.41, 5.74) is 0. The predicted molar refractivity (Wildman–Crippen MR) is 362 cm³/mol. The topological polar surface area (TPSA) is 175 Å². The number of rotatable bonds is 68. The Morgan fingerprint density at radius 2 is 0.733 bits per heavy atom. The Labute approximate surface area is 531 Å². The van der Waals surface area contributed by atoms with Crippen LogP contribution in [0.25, 0.3) is 0 Å². The van der Waals surface area contributed by atoms with Crippen molar-refractivity contribution in [1.82, 2.24) is 5.32 Å². The minimum atomic E-state index is -1.57. The van der Waals surface area contributed by atoms with Gasteiger partial charge in [-0.2, -0.15) is 0 Å². The van der Waals surface area contributed by atoms with E-state index in [0.29, 0.717) is 19.4 Å². The van der Waals surface area contributed by atoms with E-state index in [2.05, 4.69) is 19.2 Å². The molecule has 6 N–H and O–H groups in total. The van der Waals surface area contributed by atoms with Crippen molar-refractivity contribution < 1.29 is 49.3 Å². The summed E-state index contributed by atoms with van der Waals surface area (Å²) < 4.78 is 16.8. The second-order valence-corrected chi connectivity index (χ2v) is 26.7. The first-order chi connectivity index (χ1) is 42.2. The number of carbonyl (C=O) groups excluding carboxylic acids is 2. The molecule has 1 saturated heterocycles. The van der Waals surface area contributed by atoms with E-state index in [0.717, 1.165) is 51.4 Å². The highest BCUT2D eigenvalue weighted by molar-refractivity contribution is 5.76. The van der Waals surface area contributed by atoms with Crippen molar-refractivity contribution in [2.75, 3.05) is 19.8 Å². The Morgan fingerprint density at radius 1 is 0.419 bits per heavy atom. The molecule has 1 fully saturated rings. The molecule has 0 aromatic carbocycles. The van der Waals surface area contributed by atoms with E-state index in [-0.39, 0.29) is 18.5 Å². The fourth-order valence-electron chi connectivity index (χ4n) is 12.4. The van der Waals surface area contributed by atoms with Crippen LogP contribution in [-0.4, -0.2) is 100 Å². The van der Waals surface area contributed by atoms with Crippen LogP contribution >= 0.6 is 0 Å². The molecule has 0 aromatic rings. The molecule has 1 heterocycles. The van der Waals surface area contributed by atoms with Gasteiger partial charge in [0.1, 0.15) is 24.4 Å². The largest absolute Gasteiger partial charge is 0.466 e. The molecule has 1 aliphatic heterocycles. The molecule has 0 bridgehead atoms. The van der Waals surface area contributed by atoms with Crippen LogP contribution in [0.4, 0.5) is 0 Å². The van der Waals surface area contributed by atoms with Crippen molar-refractivity contribution in [2.45, 2.75) is 436 Å². The van der Waals surface area contributed by atoms with Crippen molar-refractivity contribution in [3.05, 3.63) is 12.2 Å². The maximum Gasteiger partial charge on any atom is 0.305 e. The van der Waals surface area contributed by atoms with Crippen molar-refractivity contribution in [3.8, 4) is 0 Å². The molecule has 1 amide bonds. The fraction of sp³-hybridized carbons (Fsp3) is 0.947. The average Bonchev–Trinajstić information content (AvgIpc) is 3.06. The molecule has 11 heteroatoms. The zero-order valence-corrected chi connectivity index (χ0v) is 56.8. The van der Waals surface area contributed by atoms with Crippen LogP contribution in [0, 0.1) is 0 Å². The van der Waals surface area contributed by atoms with Gasteiger partial charge in [0.05, 0.1) is 32.0 Å². The molecule has 0 aromatic heterocycles. The van der Waals surface area contributed by atoms with Crippen LogP contribution in [0.1, 0.15) is 393 Å². The Kier molecular flexibility index (Phi) is 62.2. The van der Waals surface area contributed by atoms with Gasteiger partial charge in [-0.3, -0.25) is 9.59 Å². The molecule has 0 radical (unpaired) electrons. The number of nitrogens with one attached hydrogen (secondary N) is 1. The molecular weight excluding hydrogens is 1070 g/mol. The second kappa shape index (κ2) is 64.9. The zero-order valence-electron chi connectivity index (χ0n) is 56.8. The minimum Gasteiger partial charge on any atom is -0.466 e. The van der Waals surface area contributed by atoms with Gasteiger partial charge >= 0.3 is 5.97 Å². The lowest BCUT2D eigenvalue weighted by Gasteiger charge is -2.40. The third-order valence-electron chi connectivity index (χ3n) is 18.4. The monoisotopic (exact) mass is 1220 g/mol. The number of hydrogen-bond acceptors (Lipinski definition) is 10. The van der Waals surface area contributed by atoms with Crippen molar-refractivity contribution in [2.24, 2.45) is 0 Å². The van der Waals surface area contributed by atoms with Gasteiger partial charge in [0, 0.05) is 12.8 Å². The first-order valence-electron chi connectivity index (χ1n) is 38.0. The molecule has 0 aliphatic carbocycles. The van der Waals surface area contributed by atoms with Crippen LogP contribution in [-0.2, 0) is 23.8 Å². The fourth-order valence-corrected chi connectivity index (χ4v) is 12.4. The third-order valence-corrected chi connectivity index (χ3v) is 18.4. The number of esters is 1. The molecule has 1 rings (SSSR count). The van der Waals surface area contributed by atoms with Gasteiger partial charge in [-0.05, 0) is 32.1 Å². The quantitative estimate of drug-likeness (QED) is 0.0195. The van der Waals surface area contributed by atoms with Gasteiger partial charge in [-0.15, -0.1) is 0 Å². The highest BCUT2D eigenvalue weighted by atomic mass is 16.7. The lowest BCUT2D eigenvalue weighted by Crippen LogP contribution is -2.60. The Balaban J connectivity index is 1.93. The summed E-state index contributed by atoms with van der Waals surface area (Å²) in [7, 11) is 0. The molecule has 1 aliphatic rings. The smallest absolute Gasteiger partial charge is 0.305 e. The van der Waals surface area contributed by atoms with E-state index < -0.39 is 49.5 Å². The molecule has 7 unspecified atom stereocenters. The molecule has 0 spiro atoms. The number of aliphatic hydroxyl groups excluding tert-OH is 5. The minimum absolute atomic E-state index is 0.0151. The summed E-state index contributed by atoms with van der Waals surface area (Å²) in [6.07, 6.45) is 70.8. The van der Waals surface area contributed by atoms with Gasteiger partial charge in [0.15, 0.2) is 6.29 Å². The van der Waals surface area contributed by atoms with Gasteiger partial charge < -0.3 is 45.1 Å². The van der Waals surface area contributed by atoms with E-state index in [1.165, 1.54) is 315 Å². The van der Waals surface area contributed by atoms with Crippen molar-refractivity contribution in [3.63, 3.8) is 0 Å². The summed E-state index contributed by atoms with van der Waals surface area (Å²) in [5, 5.41) is 54.6. The maximum absolute atomic E-state index is 13.1. The Hall–Kier alpha value is -1.60. The Bertz CT molecular complexity index is 1430. The summed E-state index contributed by atoms with van der Waals surface area (Å²) in [6, 6.07) is -0.806. The third kappa shape index (κ3) is 53.1. The zero-order chi connectivity index (χ0) is 62.3. The van der Waals surface area contributed by atoms with Crippen LogP contribution in [0.2, 0.25) is 0 Å². The summed E-state index contributed by atoms with van der Waals surface area (Å²) in [4.78, 5) is 25.1. The van der Waals surface area contributed by atoms with E-state index >= 15 is 0 Å². The molecule has 0 saturated carbocycles. The standard InChI is InChI=1S/C75H145NO10/c1-3-5-7-9-11-13-15-16-38-42-45-49-53-57-61-68(78)67(66-85-75-74(83)73(82)72(81)69(65-77)86-75)76-70(79)62-58-54-50-46-43-39-36-34-32-30-28-26-24-22-20-18-17-19-21-23-25-27-29-31-33-35-37-40-44-48-52-56-60-64-84-71(80)63-59-55-51-47-41-14-12-10-8-6-4-2/h57,61,67-69,72-75,77-78,81-83H,3-56,58-60,62-66H2,1-2H3,(H,76,79)/b61-57+. The maximum atomic E-state index is 13.1. The summed E-state index contributed by atoms with van der Waals surface area (Å²) in [5.74, 6) is -0.158. The average molecular weight is 1220 g/mol. The van der Waals surface area contributed by atoms with Crippen LogP contribution in [0.5, 0.6) is 0 Å². The number of ether oxygens (including phenoxy) is 3. The molecule has 7 atom stereocenters. The summed E-state index contributed by atoms with van der Waals surface area (Å²) in [6.45, 7) is 4.40. The number of amides is 1. The predicted octanol–water partition coefficient (Wildman–Crippen LogP) is 19.8. The number of allylic oxidation sites excluding steroid dienone is 1. The second-order valence-electron chi connectivity index (χ2n) is 26.7. The van der Waals surface area contributed by atoms with E-state index in [1.807, 2.05) is 6.08 Å². The van der Waals surface area contributed by atoms with Gasteiger partial charge in [0.25, 0.3) is 0 Å². The molecule has 86 heavy (non-hydrogen) atoms. The van der Waals surface area contributed by atoms with Gasteiger partial charge in [0.2, 0.25) is 5.91 Å². The highest BCUT2D eigenvalue weighted by Crippen LogP contribution is 2.24. The SMILES string of the molecule is CCCCCCCCCCCCCC/C=C/C(O)C(COC1OC(CO)C(O)C(O)C1O)NC(=O)CCCCCCCCCCCCCCCCCCCCCCCCCCCCCCCCCCCOC(=O)CCCCCCCCCCCCC. The summed E-state index contributed by atoms with van der Waals surface area (Å²) >= 11 is 0. The first kappa shape index (κ1) is 82.4.